The summed E-state index contributed by atoms with van der Waals surface area (Å²) in [5.41, 5.74) is 5.85. The van der Waals surface area contributed by atoms with Crippen LogP contribution >= 0.6 is 0 Å². The zero-order valence-corrected chi connectivity index (χ0v) is 8.11. The van der Waals surface area contributed by atoms with Gasteiger partial charge in [0, 0.05) is 19.6 Å². The van der Waals surface area contributed by atoms with Crippen molar-refractivity contribution in [3.63, 3.8) is 0 Å². The monoisotopic (exact) mass is 158 g/mol. The Balaban J connectivity index is 3.51. The molecule has 0 radical (unpaired) electrons. The molecule has 2 nitrogen and oxygen atoms in total. The van der Waals surface area contributed by atoms with Crippen molar-refractivity contribution in [2.24, 2.45) is 11.1 Å². The molecule has 0 aliphatic heterocycles. The lowest BCUT2D eigenvalue weighted by atomic mass is 9.85. The highest BCUT2D eigenvalue weighted by Gasteiger charge is 2.17. The van der Waals surface area contributed by atoms with Crippen molar-refractivity contribution in [2.75, 3.05) is 19.6 Å². The Hall–Kier alpha value is -0.0800. The molecule has 0 spiro atoms. The van der Waals surface area contributed by atoms with Crippen LogP contribution in [0.15, 0.2) is 0 Å². The van der Waals surface area contributed by atoms with Crippen LogP contribution in [0.5, 0.6) is 0 Å². The predicted octanol–water partition coefficient (Wildman–Crippen LogP) is 1.36. The molecule has 0 heterocycles. The van der Waals surface area contributed by atoms with Gasteiger partial charge < -0.3 is 11.1 Å². The van der Waals surface area contributed by atoms with Gasteiger partial charge in [-0.1, -0.05) is 20.8 Å². The molecule has 0 amide bonds. The highest BCUT2D eigenvalue weighted by molar-refractivity contribution is 4.73. The maximum absolute atomic E-state index is 5.38. The van der Waals surface area contributed by atoms with Crippen LogP contribution in [0.3, 0.4) is 0 Å². The average molecular weight is 158 g/mol. The number of rotatable bonds is 6. The van der Waals surface area contributed by atoms with Crippen LogP contribution in [0.25, 0.3) is 0 Å². The maximum Gasteiger partial charge on any atom is 0.00747 e. The van der Waals surface area contributed by atoms with Crippen molar-refractivity contribution >= 4 is 0 Å². The van der Waals surface area contributed by atoms with Gasteiger partial charge in [0.25, 0.3) is 0 Å². The molecule has 3 N–H and O–H groups in total. The first-order chi connectivity index (χ1) is 5.18. The molecule has 11 heavy (non-hydrogen) atoms. The van der Waals surface area contributed by atoms with Gasteiger partial charge in [0.1, 0.15) is 0 Å². The van der Waals surface area contributed by atoms with Gasteiger partial charge in [-0.3, -0.25) is 0 Å². The van der Waals surface area contributed by atoms with E-state index in [1.165, 1.54) is 12.8 Å². The molecule has 2 heteroatoms. The van der Waals surface area contributed by atoms with Crippen molar-refractivity contribution < 1.29 is 0 Å². The van der Waals surface area contributed by atoms with Crippen LogP contribution in [0.2, 0.25) is 0 Å². The van der Waals surface area contributed by atoms with Crippen LogP contribution in [0.1, 0.15) is 33.6 Å². The first-order valence-corrected chi connectivity index (χ1v) is 4.59. The van der Waals surface area contributed by atoms with E-state index in [4.69, 9.17) is 5.73 Å². The third-order valence-corrected chi connectivity index (χ3v) is 2.58. The lowest BCUT2D eigenvalue weighted by molar-refractivity contribution is 0.283. The highest BCUT2D eigenvalue weighted by atomic mass is 14.9. The van der Waals surface area contributed by atoms with E-state index in [0.29, 0.717) is 5.41 Å². The second kappa shape index (κ2) is 5.56. The second-order valence-corrected chi connectivity index (χ2v) is 3.48. The fourth-order valence-electron chi connectivity index (χ4n) is 0.992. The van der Waals surface area contributed by atoms with Crippen LogP contribution in [0.4, 0.5) is 0 Å². The van der Waals surface area contributed by atoms with Crippen molar-refractivity contribution in [3.8, 4) is 0 Å². The van der Waals surface area contributed by atoms with Gasteiger partial charge in [-0.2, -0.15) is 0 Å². The van der Waals surface area contributed by atoms with Crippen molar-refractivity contribution in [3.05, 3.63) is 0 Å². The topological polar surface area (TPSA) is 38.0 Å². The number of nitrogens with two attached hydrogens (primary N) is 1. The minimum Gasteiger partial charge on any atom is -0.329 e. The van der Waals surface area contributed by atoms with Crippen LogP contribution in [0, 0.1) is 5.41 Å². The first kappa shape index (κ1) is 10.9. The molecule has 0 fully saturated rings. The van der Waals surface area contributed by atoms with Crippen LogP contribution < -0.4 is 11.1 Å². The summed E-state index contributed by atoms with van der Waals surface area (Å²) in [6.07, 6.45) is 2.47. The molecule has 0 unspecified atom stereocenters. The molecule has 0 atom stereocenters. The Morgan fingerprint density at radius 2 is 1.82 bits per heavy atom. The average Bonchev–Trinajstić information content (AvgIpc) is 2.05. The van der Waals surface area contributed by atoms with Gasteiger partial charge in [0.05, 0.1) is 0 Å². The number of hydrogen-bond acceptors (Lipinski definition) is 2. The normalized spacial score (nSPS) is 12.0. The Kier molecular flexibility index (Phi) is 5.51. The molecule has 0 aliphatic carbocycles. The van der Waals surface area contributed by atoms with Gasteiger partial charge in [-0.25, -0.2) is 0 Å². The van der Waals surface area contributed by atoms with Crippen molar-refractivity contribution in [1.82, 2.24) is 5.32 Å². The highest BCUT2D eigenvalue weighted by Crippen LogP contribution is 2.23. The van der Waals surface area contributed by atoms with Crippen LogP contribution in [-0.4, -0.2) is 19.6 Å². The number of hydrogen-bond donors (Lipinski definition) is 2. The van der Waals surface area contributed by atoms with E-state index in [9.17, 15) is 0 Å². The second-order valence-electron chi connectivity index (χ2n) is 3.48. The molecule has 0 aromatic heterocycles. The molecule has 0 saturated heterocycles. The van der Waals surface area contributed by atoms with E-state index in [-0.39, 0.29) is 0 Å². The largest absolute Gasteiger partial charge is 0.329 e. The Labute approximate surface area is 70.5 Å². The number of nitrogens with one attached hydrogen (secondary N) is 1. The molecular formula is C9H22N2. The minimum atomic E-state index is 0.467. The van der Waals surface area contributed by atoms with Gasteiger partial charge in [0.15, 0.2) is 0 Å². The summed E-state index contributed by atoms with van der Waals surface area (Å²) in [5, 5.41) is 3.35. The maximum atomic E-state index is 5.38. The molecule has 0 aromatic carbocycles. The summed E-state index contributed by atoms with van der Waals surface area (Å²) in [7, 11) is 0. The third-order valence-electron chi connectivity index (χ3n) is 2.58. The van der Waals surface area contributed by atoms with E-state index in [1.54, 1.807) is 0 Å². The smallest absolute Gasteiger partial charge is 0.00747 e. The van der Waals surface area contributed by atoms with Crippen molar-refractivity contribution in [2.45, 2.75) is 33.6 Å². The van der Waals surface area contributed by atoms with Gasteiger partial charge in [-0.05, 0) is 18.3 Å². The van der Waals surface area contributed by atoms with E-state index >= 15 is 0 Å². The fourth-order valence-corrected chi connectivity index (χ4v) is 0.992. The molecule has 68 valence electrons. The van der Waals surface area contributed by atoms with E-state index in [2.05, 4.69) is 26.1 Å². The first-order valence-electron chi connectivity index (χ1n) is 4.59. The van der Waals surface area contributed by atoms with Crippen molar-refractivity contribution in [1.29, 1.82) is 0 Å². The Morgan fingerprint density at radius 1 is 1.27 bits per heavy atom. The fraction of sp³-hybridized carbons (Fsp3) is 1.00. The van der Waals surface area contributed by atoms with E-state index < -0.39 is 0 Å². The SMILES string of the molecule is CCC(C)(CC)CNCCN. The zero-order chi connectivity index (χ0) is 8.74. The summed E-state index contributed by atoms with van der Waals surface area (Å²) in [4.78, 5) is 0. The Bertz CT molecular complexity index is 87.6. The minimum absolute atomic E-state index is 0.467. The predicted molar refractivity (Wildman–Crippen MR) is 50.6 cm³/mol. The Morgan fingerprint density at radius 3 is 2.18 bits per heavy atom. The summed E-state index contributed by atoms with van der Waals surface area (Å²) in [5.74, 6) is 0. The molecule has 0 bridgehead atoms. The standard InChI is InChI=1S/C9H22N2/c1-4-9(3,5-2)8-11-7-6-10/h11H,4-8,10H2,1-3H3. The van der Waals surface area contributed by atoms with Gasteiger partial charge in [0.2, 0.25) is 0 Å². The lowest BCUT2D eigenvalue weighted by Crippen LogP contribution is -2.33. The third kappa shape index (κ3) is 4.38. The summed E-state index contributed by atoms with van der Waals surface area (Å²) < 4.78 is 0. The summed E-state index contributed by atoms with van der Waals surface area (Å²) >= 11 is 0. The lowest BCUT2D eigenvalue weighted by Gasteiger charge is -2.26. The zero-order valence-electron chi connectivity index (χ0n) is 8.11. The molecule has 0 aromatic rings. The van der Waals surface area contributed by atoms with Gasteiger partial charge >= 0.3 is 0 Å². The van der Waals surface area contributed by atoms with Crippen LogP contribution in [-0.2, 0) is 0 Å². The van der Waals surface area contributed by atoms with E-state index in [1.807, 2.05) is 0 Å². The molecular weight excluding hydrogens is 136 g/mol. The summed E-state index contributed by atoms with van der Waals surface area (Å²) in [6.45, 7) is 9.58. The quantitative estimate of drug-likeness (QED) is 0.573. The molecule has 0 aliphatic rings. The summed E-state index contributed by atoms with van der Waals surface area (Å²) in [6, 6.07) is 0. The molecule has 0 rings (SSSR count). The van der Waals surface area contributed by atoms with E-state index in [0.717, 1.165) is 19.6 Å². The molecule has 0 saturated carbocycles. The van der Waals surface area contributed by atoms with Gasteiger partial charge in [-0.15, -0.1) is 0 Å².